The molecule has 4 nitrogen and oxygen atoms in total. The Labute approximate surface area is 156 Å². The molecule has 2 aromatic carbocycles. The van der Waals surface area contributed by atoms with Crippen molar-refractivity contribution in [3.05, 3.63) is 93.7 Å². The minimum absolute atomic E-state index is 0.0568. The van der Waals surface area contributed by atoms with Gasteiger partial charge in [-0.25, -0.2) is 4.79 Å². The fourth-order valence-electron chi connectivity index (χ4n) is 2.75. The summed E-state index contributed by atoms with van der Waals surface area (Å²) in [6.45, 7) is 0.471. The van der Waals surface area contributed by atoms with Gasteiger partial charge in [-0.05, 0) is 23.3 Å². The molecule has 26 heavy (non-hydrogen) atoms. The number of hydrogen-bond acceptors (Lipinski definition) is 4. The first kappa shape index (κ1) is 17.9. The van der Waals surface area contributed by atoms with E-state index in [2.05, 4.69) is 34.3 Å². The first-order chi connectivity index (χ1) is 12.7. The number of esters is 1. The Morgan fingerprint density at radius 3 is 1.96 bits per heavy atom. The summed E-state index contributed by atoms with van der Waals surface area (Å²) in [7, 11) is 1.33. The van der Waals surface area contributed by atoms with Gasteiger partial charge in [-0.3, -0.25) is 4.79 Å². The lowest BCUT2D eigenvalue weighted by atomic mass is 9.91. The van der Waals surface area contributed by atoms with Crippen molar-refractivity contribution < 1.29 is 14.3 Å². The first-order valence-electron chi connectivity index (χ1n) is 8.25. The van der Waals surface area contributed by atoms with E-state index in [1.54, 1.807) is 12.1 Å². The van der Waals surface area contributed by atoms with E-state index in [4.69, 9.17) is 0 Å². The Hall–Kier alpha value is -2.92. The molecule has 0 fully saturated rings. The molecule has 0 bridgehead atoms. The molecule has 0 saturated carbocycles. The van der Waals surface area contributed by atoms with E-state index in [-0.39, 0.29) is 11.8 Å². The van der Waals surface area contributed by atoms with Gasteiger partial charge in [0.2, 0.25) is 0 Å². The quantitative estimate of drug-likeness (QED) is 0.669. The van der Waals surface area contributed by atoms with Crippen LogP contribution in [0.5, 0.6) is 0 Å². The van der Waals surface area contributed by atoms with Crippen LogP contribution >= 0.6 is 11.3 Å². The van der Waals surface area contributed by atoms with Crippen LogP contribution in [0.4, 0.5) is 0 Å². The van der Waals surface area contributed by atoms with Gasteiger partial charge in [0.05, 0.1) is 12.0 Å². The monoisotopic (exact) mass is 365 g/mol. The first-order valence-corrected chi connectivity index (χ1v) is 9.07. The molecular weight excluding hydrogens is 346 g/mol. The van der Waals surface area contributed by atoms with Crippen molar-refractivity contribution in [1.82, 2.24) is 5.32 Å². The van der Waals surface area contributed by atoms with Crippen molar-refractivity contribution in [3.8, 4) is 0 Å². The third-order valence-corrected chi connectivity index (χ3v) is 5.15. The summed E-state index contributed by atoms with van der Waals surface area (Å²) >= 11 is 1.13. The molecule has 0 aliphatic carbocycles. The van der Waals surface area contributed by atoms with Crippen LogP contribution in [-0.2, 0) is 4.74 Å². The van der Waals surface area contributed by atoms with Crippen molar-refractivity contribution in [2.24, 2.45) is 0 Å². The maximum Gasteiger partial charge on any atom is 0.348 e. The Bertz CT molecular complexity index is 835. The van der Waals surface area contributed by atoms with Gasteiger partial charge in [0.25, 0.3) is 5.91 Å². The van der Waals surface area contributed by atoms with Gasteiger partial charge in [-0.1, -0.05) is 60.7 Å². The number of amides is 1. The van der Waals surface area contributed by atoms with E-state index < -0.39 is 5.97 Å². The lowest BCUT2D eigenvalue weighted by Gasteiger charge is -2.18. The Morgan fingerprint density at radius 2 is 1.42 bits per heavy atom. The van der Waals surface area contributed by atoms with Gasteiger partial charge in [0.15, 0.2) is 0 Å². The SMILES string of the molecule is COC(=O)c1ccc(C(=O)NCC(c2ccccc2)c2ccccc2)s1. The second-order valence-corrected chi connectivity index (χ2v) is 6.82. The highest BCUT2D eigenvalue weighted by Crippen LogP contribution is 2.24. The van der Waals surface area contributed by atoms with Crippen LogP contribution in [0.2, 0.25) is 0 Å². The topological polar surface area (TPSA) is 55.4 Å². The van der Waals surface area contributed by atoms with Gasteiger partial charge in [-0.15, -0.1) is 11.3 Å². The molecule has 5 heteroatoms. The summed E-state index contributed by atoms with van der Waals surface area (Å²) in [4.78, 5) is 24.9. The lowest BCUT2D eigenvalue weighted by molar-refractivity contribution is 0.0606. The average Bonchev–Trinajstić information content (AvgIpc) is 3.19. The van der Waals surface area contributed by atoms with Crippen molar-refractivity contribution in [2.45, 2.75) is 5.92 Å². The van der Waals surface area contributed by atoms with E-state index in [9.17, 15) is 9.59 Å². The smallest absolute Gasteiger partial charge is 0.348 e. The zero-order valence-corrected chi connectivity index (χ0v) is 15.2. The van der Waals surface area contributed by atoms with E-state index in [1.807, 2.05) is 36.4 Å². The third kappa shape index (κ3) is 4.18. The number of rotatable bonds is 6. The predicted octanol–water partition coefficient (Wildman–Crippen LogP) is 4.10. The second kappa shape index (κ2) is 8.45. The molecule has 0 unspecified atom stereocenters. The minimum atomic E-state index is -0.430. The van der Waals surface area contributed by atoms with E-state index in [0.29, 0.717) is 16.3 Å². The van der Waals surface area contributed by atoms with Crippen LogP contribution in [0.3, 0.4) is 0 Å². The highest BCUT2D eigenvalue weighted by atomic mass is 32.1. The fourth-order valence-corrected chi connectivity index (χ4v) is 3.59. The predicted molar refractivity (Wildman–Crippen MR) is 103 cm³/mol. The number of nitrogens with one attached hydrogen (secondary N) is 1. The fraction of sp³-hybridized carbons (Fsp3) is 0.143. The number of carbonyl (C=O) groups is 2. The normalized spacial score (nSPS) is 10.5. The number of thiophene rings is 1. The van der Waals surface area contributed by atoms with Gasteiger partial charge in [0, 0.05) is 12.5 Å². The number of ether oxygens (including phenoxy) is 1. The number of methoxy groups -OCH3 is 1. The standard InChI is InChI=1S/C21H19NO3S/c1-25-21(24)19-13-12-18(26-19)20(23)22-14-17(15-8-4-2-5-9-15)16-10-6-3-7-11-16/h2-13,17H,14H2,1H3,(H,22,23). The van der Waals surface area contributed by atoms with Crippen LogP contribution in [0.25, 0.3) is 0 Å². The average molecular weight is 365 g/mol. The third-order valence-electron chi connectivity index (χ3n) is 4.09. The summed E-state index contributed by atoms with van der Waals surface area (Å²) < 4.78 is 4.68. The maximum atomic E-state index is 12.5. The molecule has 0 radical (unpaired) electrons. The Balaban J connectivity index is 1.75. The number of hydrogen-bond donors (Lipinski definition) is 1. The van der Waals surface area contributed by atoms with Crippen molar-refractivity contribution in [1.29, 1.82) is 0 Å². The molecule has 1 amide bonds. The summed E-state index contributed by atoms with van der Waals surface area (Å²) in [5.41, 5.74) is 2.28. The van der Waals surface area contributed by atoms with E-state index in [0.717, 1.165) is 22.5 Å². The summed E-state index contributed by atoms with van der Waals surface area (Å²) in [6, 6.07) is 23.4. The van der Waals surface area contributed by atoms with Gasteiger partial charge >= 0.3 is 5.97 Å². The lowest BCUT2D eigenvalue weighted by Crippen LogP contribution is -2.28. The second-order valence-electron chi connectivity index (χ2n) is 5.74. The Morgan fingerprint density at radius 1 is 0.885 bits per heavy atom. The largest absolute Gasteiger partial charge is 0.465 e. The molecule has 132 valence electrons. The van der Waals surface area contributed by atoms with Crippen molar-refractivity contribution >= 4 is 23.2 Å². The van der Waals surface area contributed by atoms with Crippen molar-refractivity contribution in [3.63, 3.8) is 0 Å². The van der Waals surface area contributed by atoms with Crippen LogP contribution in [-0.4, -0.2) is 25.5 Å². The molecule has 0 aliphatic rings. The molecule has 3 aromatic rings. The van der Waals surface area contributed by atoms with Gasteiger partial charge in [-0.2, -0.15) is 0 Å². The zero-order chi connectivity index (χ0) is 18.4. The summed E-state index contributed by atoms with van der Waals surface area (Å²) in [5.74, 6) is -0.566. The highest BCUT2D eigenvalue weighted by Gasteiger charge is 2.18. The maximum absolute atomic E-state index is 12.5. The molecule has 0 atom stereocenters. The minimum Gasteiger partial charge on any atom is -0.465 e. The van der Waals surface area contributed by atoms with E-state index >= 15 is 0 Å². The molecule has 3 rings (SSSR count). The van der Waals surface area contributed by atoms with Crippen LogP contribution in [0, 0.1) is 0 Å². The Kier molecular flexibility index (Phi) is 5.81. The van der Waals surface area contributed by atoms with Crippen molar-refractivity contribution in [2.75, 3.05) is 13.7 Å². The number of benzene rings is 2. The summed E-state index contributed by atoms with van der Waals surface area (Å²) in [5, 5.41) is 2.99. The van der Waals surface area contributed by atoms with E-state index in [1.165, 1.54) is 7.11 Å². The molecular formula is C21H19NO3S. The zero-order valence-electron chi connectivity index (χ0n) is 14.3. The molecule has 0 spiro atoms. The number of carbonyl (C=O) groups excluding carboxylic acids is 2. The molecule has 0 aliphatic heterocycles. The van der Waals surface area contributed by atoms with Gasteiger partial charge in [0.1, 0.15) is 4.88 Å². The molecule has 1 aromatic heterocycles. The van der Waals surface area contributed by atoms with Crippen LogP contribution in [0.15, 0.2) is 72.8 Å². The van der Waals surface area contributed by atoms with Gasteiger partial charge < -0.3 is 10.1 Å². The van der Waals surface area contributed by atoms with Crippen LogP contribution in [0.1, 0.15) is 36.4 Å². The van der Waals surface area contributed by atoms with Crippen LogP contribution < -0.4 is 5.32 Å². The highest BCUT2D eigenvalue weighted by molar-refractivity contribution is 7.15. The summed E-state index contributed by atoms with van der Waals surface area (Å²) in [6.07, 6.45) is 0. The molecule has 0 saturated heterocycles. The molecule has 1 N–H and O–H groups in total. The molecule has 1 heterocycles.